The molecule has 2 aromatic heterocycles. The Morgan fingerprint density at radius 3 is 2.71 bits per heavy atom. The van der Waals surface area contributed by atoms with E-state index in [1.807, 2.05) is 32.0 Å². The first-order valence-corrected chi connectivity index (χ1v) is 7.97. The summed E-state index contributed by atoms with van der Waals surface area (Å²) < 4.78 is 7.90. The van der Waals surface area contributed by atoms with Crippen molar-refractivity contribution in [3.05, 3.63) is 40.6 Å². The number of fused-ring (bicyclic) bond motifs is 1. The molecular weight excluding hydrogens is 282 g/mol. The smallest absolute Gasteiger partial charge is 0.201 e. The van der Waals surface area contributed by atoms with E-state index in [-0.39, 0.29) is 12.1 Å². The summed E-state index contributed by atoms with van der Waals surface area (Å²) in [5.41, 5.74) is 9.23. The zero-order chi connectivity index (χ0) is 15.0. The van der Waals surface area contributed by atoms with E-state index >= 15 is 0 Å². The number of nitrogens with two attached hydrogens (primary N) is 1. The summed E-state index contributed by atoms with van der Waals surface area (Å²) in [7, 11) is 0. The highest BCUT2D eigenvalue weighted by molar-refractivity contribution is 7.07. The van der Waals surface area contributed by atoms with Gasteiger partial charge < -0.3 is 15.0 Å². The van der Waals surface area contributed by atoms with Crippen molar-refractivity contribution in [1.29, 1.82) is 0 Å². The number of thiophene rings is 1. The Morgan fingerprint density at radius 1 is 1.24 bits per heavy atom. The Hall–Kier alpha value is -2.01. The van der Waals surface area contributed by atoms with Crippen LogP contribution in [0.2, 0.25) is 0 Å². The third-order valence-corrected chi connectivity index (χ3v) is 4.19. The van der Waals surface area contributed by atoms with Crippen molar-refractivity contribution in [2.75, 3.05) is 5.73 Å². The van der Waals surface area contributed by atoms with Gasteiger partial charge in [0.1, 0.15) is 11.3 Å². The lowest BCUT2D eigenvalue weighted by Crippen LogP contribution is -2.09. The SMILES string of the molecule is CC(C)Oc1cccc2c1nc(N)n2C(C)c1ccsc1. The highest BCUT2D eigenvalue weighted by Crippen LogP contribution is 2.32. The van der Waals surface area contributed by atoms with E-state index in [9.17, 15) is 0 Å². The van der Waals surface area contributed by atoms with E-state index in [0.29, 0.717) is 5.95 Å². The van der Waals surface area contributed by atoms with Gasteiger partial charge in [-0.2, -0.15) is 11.3 Å². The largest absolute Gasteiger partial charge is 0.489 e. The summed E-state index contributed by atoms with van der Waals surface area (Å²) in [5.74, 6) is 1.30. The van der Waals surface area contributed by atoms with Gasteiger partial charge in [0.05, 0.1) is 17.7 Å². The average molecular weight is 301 g/mol. The van der Waals surface area contributed by atoms with E-state index in [1.54, 1.807) is 11.3 Å². The molecule has 0 radical (unpaired) electrons. The van der Waals surface area contributed by atoms with Crippen molar-refractivity contribution in [3.8, 4) is 5.75 Å². The summed E-state index contributed by atoms with van der Waals surface area (Å²) >= 11 is 1.69. The van der Waals surface area contributed by atoms with Crippen LogP contribution < -0.4 is 10.5 Å². The fourth-order valence-corrected chi connectivity index (χ4v) is 3.27. The first kappa shape index (κ1) is 13.9. The first-order chi connectivity index (χ1) is 10.1. The number of anilines is 1. The van der Waals surface area contributed by atoms with Crippen molar-refractivity contribution < 1.29 is 4.74 Å². The van der Waals surface area contributed by atoms with E-state index in [2.05, 4.69) is 33.3 Å². The van der Waals surface area contributed by atoms with Crippen LogP contribution in [-0.4, -0.2) is 15.7 Å². The topological polar surface area (TPSA) is 53.1 Å². The summed E-state index contributed by atoms with van der Waals surface area (Å²) in [5, 5.41) is 4.22. The minimum atomic E-state index is 0.108. The molecule has 2 N–H and O–H groups in total. The number of para-hydroxylation sites is 1. The molecule has 2 heterocycles. The Bertz CT molecular complexity index is 746. The fraction of sp³-hybridized carbons (Fsp3) is 0.312. The molecule has 0 amide bonds. The van der Waals surface area contributed by atoms with Gasteiger partial charge in [-0.15, -0.1) is 0 Å². The maximum Gasteiger partial charge on any atom is 0.201 e. The van der Waals surface area contributed by atoms with Crippen molar-refractivity contribution in [1.82, 2.24) is 9.55 Å². The molecule has 0 saturated carbocycles. The highest BCUT2D eigenvalue weighted by Gasteiger charge is 2.18. The molecular formula is C16H19N3OS. The number of imidazole rings is 1. The summed E-state index contributed by atoms with van der Waals surface area (Å²) in [6.07, 6.45) is 0.108. The lowest BCUT2D eigenvalue weighted by Gasteiger charge is -2.15. The molecule has 4 nitrogen and oxygen atoms in total. The standard InChI is InChI=1S/C16H19N3OS/c1-10(2)20-14-6-4-5-13-15(14)18-16(17)19(13)11(3)12-7-8-21-9-12/h4-11H,1-3H3,(H2,17,18). The molecule has 0 spiro atoms. The number of rotatable bonds is 4. The molecule has 21 heavy (non-hydrogen) atoms. The van der Waals surface area contributed by atoms with Crippen LogP contribution in [0.4, 0.5) is 5.95 Å². The lowest BCUT2D eigenvalue weighted by molar-refractivity contribution is 0.245. The second-order valence-corrected chi connectivity index (χ2v) is 6.14. The number of hydrogen-bond acceptors (Lipinski definition) is 4. The molecule has 0 saturated heterocycles. The molecule has 1 atom stereocenters. The predicted molar refractivity (Wildman–Crippen MR) is 88.0 cm³/mol. The second-order valence-electron chi connectivity index (χ2n) is 5.36. The Morgan fingerprint density at radius 2 is 2.05 bits per heavy atom. The van der Waals surface area contributed by atoms with Gasteiger partial charge in [0.25, 0.3) is 0 Å². The molecule has 0 aliphatic heterocycles. The molecule has 3 rings (SSSR count). The lowest BCUT2D eigenvalue weighted by atomic mass is 10.1. The highest BCUT2D eigenvalue weighted by atomic mass is 32.1. The van der Waals surface area contributed by atoms with E-state index in [1.165, 1.54) is 5.56 Å². The van der Waals surface area contributed by atoms with Gasteiger partial charge in [0.2, 0.25) is 5.95 Å². The van der Waals surface area contributed by atoms with Crippen molar-refractivity contribution in [2.45, 2.75) is 32.9 Å². The second kappa shape index (κ2) is 5.41. The van der Waals surface area contributed by atoms with Crippen molar-refractivity contribution >= 4 is 28.3 Å². The number of aromatic nitrogens is 2. The summed E-state index contributed by atoms with van der Waals surface area (Å²) in [4.78, 5) is 4.52. The quantitative estimate of drug-likeness (QED) is 0.790. The Labute approximate surface area is 128 Å². The number of ether oxygens (including phenoxy) is 1. The number of benzene rings is 1. The summed E-state index contributed by atoms with van der Waals surface area (Å²) in [6.45, 7) is 6.15. The Balaban J connectivity index is 2.14. The van der Waals surface area contributed by atoms with Crippen LogP contribution in [0.5, 0.6) is 5.75 Å². The van der Waals surface area contributed by atoms with Gasteiger partial charge in [-0.05, 0) is 55.3 Å². The van der Waals surface area contributed by atoms with Crippen molar-refractivity contribution in [2.24, 2.45) is 0 Å². The number of nitrogen functional groups attached to an aromatic ring is 1. The van der Waals surface area contributed by atoms with Crippen LogP contribution in [0, 0.1) is 0 Å². The normalized spacial score (nSPS) is 13.0. The maximum atomic E-state index is 6.16. The van der Waals surface area contributed by atoms with E-state index in [0.717, 1.165) is 16.8 Å². The van der Waals surface area contributed by atoms with Gasteiger partial charge in [-0.3, -0.25) is 0 Å². The number of hydrogen-bond donors (Lipinski definition) is 1. The van der Waals surface area contributed by atoms with Crippen LogP contribution in [0.3, 0.4) is 0 Å². The molecule has 0 bridgehead atoms. The molecule has 5 heteroatoms. The molecule has 3 aromatic rings. The molecule has 110 valence electrons. The maximum absolute atomic E-state index is 6.16. The molecule has 1 unspecified atom stereocenters. The zero-order valence-electron chi connectivity index (χ0n) is 12.4. The molecule has 0 aliphatic rings. The van der Waals surface area contributed by atoms with Crippen LogP contribution in [0.15, 0.2) is 35.0 Å². The molecule has 0 aliphatic carbocycles. The van der Waals surface area contributed by atoms with Crippen LogP contribution in [-0.2, 0) is 0 Å². The van der Waals surface area contributed by atoms with Gasteiger partial charge in [-0.25, -0.2) is 4.98 Å². The third-order valence-electron chi connectivity index (χ3n) is 3.49. The molecule has 1 aromatic carbocycles. The average Bonchev–Trinajstić information content (AvgIpc) is 3.05. The Kier molecular flexibility index (Phi) is 3.59. The van der Waals surface area contributed by atoms with Crippen molar-refractivity contribution in [3.63, 3.8) is 0 Å². The first-order valence-electron chi connectivity index (χ1n) is 7.03. The van der Waals surface area contributed by atoms with E-state index in [4.69, 9.17) is 10.5 Å². The van der Waals surface area contributed by atoms with Gasteiger partial charge >= 0.3 is 0 Å². The molecule has 0 fully saturated rings. The monoisotopic (exact) mass is 301 g/mol. The summed E-state index contributed by atoms with van der Waals surface area (Å²) in [6, 6.07) is 8.23. The van der Waals surface area contributed by atoms with Crippen LogP contribution in [0.25, 0.3) is 11.0 Å². The van der Waals surface area contributed by atoms with Crippen LogP contribution in [0.1, 0.15) is 32.4 Å². The van der Waals surface area contributed by atoms with Gasteiger partial charge in [0, 0.05) is 0 Å². The zero-order valence-corrected chi connectivity index (χ0v) is 13.2. The number of nitrogens with zero attached hydrogens (tertiary/aromatic N) is 2. The third kappa shape index (κ3) is 2.49. The van der Waals surface area contributed by atoms with E-state index < -0.39 is 0 Å². The predicted octanol–water partition coefficient (Wildman–Crippen LogP) is 4.08. The minimum absolute atomic E-state index is 0.108. The minimum Gasteiger partial charge on any atom is -0.489 e. The van der Waals surface area contributed by atoms with Gasteiger partial charge in [-0.1, -0.05) is 6.07 Å². The van der Waals surface area contributed by atoms with Crippen LogP contribution >= 0.6 is 11.3 Å². The van der Waals surface area contributed by atoms with Gasteiger partial charge in [0.15, 0.2) is 0 Å². The fourth-order valence-electron chi connectivity index (χ4n) is 2.53.